The van der Waals surface area contributed by atoms with Crippen molar-refractivity contribution in [1.29, 1.82) is 0 Å². The number of guanidine groups is 1. The Labute approximate surface area is 180 Å². The molecule has 3 N–H and O–H groups in total. The molecule has 162 valence electrons. The Hall–Kier alpha value is -2.86. The van der Waals surface area contributed by atoms with Crippen molar-refractivity contribution >= 4 is 17.6 Å². The Morgan fingerprint density at radius 2 is 1.67 bits per heavy atom. The number of anilines is 1. The summed E-state index contributed by atoms with van der Waals surface area (Å²) in [5.41, 5.74) is 3.37. The molecule has 2 aromatic rings. The highest BCUT2D eigenvalue weighted by molar-refractivity contribution is 5.88. The molecule has 1 amide bonds. The minimum atomic E-state index is -0.0557. The lowest BCUT2D eigenvalue weighted by Gasteiger charge is -2.25. The molecule has 0 heterocycles. The maximum Gasteiger partial charge on any atom is 0.221 e. The van der Waals surface area contributed by atoms with E-state index in [0.29, 0.717) is 6.04 Å². The van der Waals surface area contributed by atoms with E-state index >= 15 is 0 Å². The average molecular weight is 410 g/mol. The van der Waals surface area contributed by atoms with Gasteiger partial charge in [-0.05, 0) is 50.1 Å². The van der Waals surface area contributed by atoms with Gasteiger partial charge >= 0.3 is 0 Å². The first-order valence-corrected chi connectivity index (χ1v) is 10.5. The van der Waals surface area contributed by atoms with Crippen LogP contribution in [0.3, 0.4) is 0 Å². The molecule has 0 fully saturated rings. The van der Waals surface area contributed by atoms with Crippen molar-refractivity contribution in [2.45, 2.75) is 39.3 Å². The van der Waals surface area contributed by atoms with Crippen molar-refractivity contribution < 1.29 is 4.79 Å². The fourth-order valence-electron chi connectivity index (χ4n) is 3.15. The van der Waals surface area contributed by atoms with Gasteiger partial charge in [0.1, 0.15) is 0 Å². The maximum absolute atomic E-state index is 11.1. The van der Waals surface area contributed by atoms with Crippen molar-refractivity contribution in [1.82, 2.24) is 15.5 Å². The fraction of sp³-hybridized carbons (Fsp3) is 0.417. The smallest absolute Gasteiger partial charge is 0.221 e. The number of rotatable bonds is 10. The molecule has 0 spiro atoms. The Morgan fingerprint density at radius 3 is 2.30 bits per heavy atom. The molecule has 0 aromatic heterocycles. The first-order valence-electron chi connectivity index (χ1n) is 10.5. The number of hydrogen-bond acceptors (Lipinski definition) is 3. The van der Waals surface area contributed by atoms with Crippen LogP contribution in [0.25, 0.3) is 0 Å². The van der Waals surface area contributed by atoms with Gasteiger partial charge in [-0.2, -0.15) is 0 Å². The lowest BCUT2D eigenvalue weighted by molar-refractivity contribution is -0.114. The van der Waals surface area contributed by atoms with E-state index in [1.54, 1.807) is 7.05 Å². The molecule has 6 nitrogen and oxygen atoms in total. The highest BCUT2D eigenvalue weighted by Crippen LogP contribution is 2.10. The number of hydrogen-bond donors (Lipinski definition) is 3. The third kappa shape index (κ3) is 8.66. The van der Waals surface area contributed by atoms with E-state index in [2.05, 4.69) is 70.1 Å². The van der Waals surface area contributed by atoms with Crippen LogP contribution in [0.2, 0.25) is 0 Å². The molecule has 6 heteroatoms. The average Bonchev–Trinajstić information content (AvgIpc) is 2.74. The topological polar surface area (TPSA) is 68.8 Å². The van der Waals surface area contributed by atoms with E-state index in [1.165, 1.54) is 18.1 Å². The summed E-state index contributed by atoms with van der Waals surface area (Å²) in [6.45, 7) is 6.38. The quantitative estimate of drug-likeness (QED) is 0.416. The molecule has 1 atom stereocenters. The Kier molecular flexibility index (Phi) is 9.87. The van der Waals surface area contributed by atoms with Gasteiger partial charge in [-0.15, -0.1) is 0 Å². The summed E-state index contributed by atoms with van der Waals surface area (Å²) in [4.78, 5) is 17.8. The van der Waals surface area contributed by atoms with Gasteiger partial charge < -0.3 is 16.0 Å². The standard InChI is InChI=1S/C24H35N5O/c1-19(29(4)18-22-8-6-5-7-9-22)14-16-26-24(25-3)27-17-15-21-10-12-23(13-11-21)28-20(2)30/h5-13,19H,14-18H2,1-4H3,(H,28,30)(H2,25,26,27). The number of amides is 1. The summed E-state index contributed by atoms with van der Waals surface area (Å²) >= 11 is 0. The van der Waals surface area contributed by atoms with Gasteiger partial charge in [0.15, 0.2) is 5.96 Å². The van der Waals surface area contributed by atoms with Crippen LogP contribution in [0.4, 0.5) is 5.69 Å². The van der Waals surface area contributed by atoms with Crippen LogP contribution in [-0.2, 0) is 17.8 Å². The molecule has 0 saturated carbocycles. The van der Waals surface area contributed by atoms with E-state index in [0.717, 1.165) is 44.1 Å². The van der Waals surface area contributed by atoms with Gasteiger partial charge in [-0.1, -0.05) is 42.5 Å². The molecule has 0 aliphatic carbocycles. The number of nitrogens with zero attached hydrogens (tertiary/aromatic N) is 2. The van der Waals surface area contributed by atoms with Crippen molar-refractivity contribution in [3.63, 3.8) is 0 Å². The fourth-order valence-corrected chi connectivity index (χ4v) is 3.15. The van der Waals surface area contributed by atoms with Crippen molar-refractivity contribution in [2.24, 2.45) is 4.99 Å². The molecule has 0 radical (unpaired) electrons. The number of aliphatic imine (C=N–C) groups is 1. The van der Waals surface area contributed by atoms with E-state index < -0.39 is 0 Å². The molecule has 1 unspecified atom stereocenters. The first kappa shape index (κ1) is 23.4. The summed E-state index contributed by atoms with van der Waals surface area (Å²) in [6, 6.07) is 19.0. The summed E-state index contributed by atoms with van der Waals surface area (Å²) in [5.74, 6) is 0.766. The number of carbonyl (C=O) groups excluding carboxylic acids is 1. The highest BCUT2D eigenvalue weighted by Gasteiger charge is 2.09. The Morgan fingerprint density at radius 1 is 1.00 bits per heavy atom. The van der Waals surface area contributed by atoms with Crippen LogP contribution in [0.5, 0.6) is 0 Å². The normalized spacial score (nSPS) is 12.5. The minimum Gasteiger partial charge on any atom is -0.356 e. The van der Waals surface area contributed by atoms with E-state index in [4.69, 9.17) is 0 Å². The van der Waals surface area contributed by atoms with Crippen LogP contribution >= 0.6 is 0 Å². The molecule has 2 aromatic carbocycles. The number of carbonyl (C=O) groups is 1. The van der Waals surface area contributed by atoms with Gasteiger partial charge in [-0.25, -0.2) is 0 Å². The van der Waals surface area contributed by atoms with Gasteiger partial charge in [0.05, 0.1) is 0 Å². The predicted octanol–water partition coefficient (Wildman–Crippen LogP) is 3.26. The lowest BCUT2D eigenvalue weighted by Crippen LogP contribution is -2.40. The largest absolute Gasteiger partial charge is 0.356 e. The van der Waals surface area contributed by atoms with Crippen molar-refractivity contribution in [3.8, 4) is 0 Å². The second-order valence-corrected chi connectivity index (χ2v) is 7.59. The lowest BCUT2D eigenvalue weighted by atomic mass is 10.1. The van der Waals surface area contributed by atoms with Crippen LogP contribution in [0, 0.1) is 0 Å². The van der Waals surface area contributed by atoms with Crippen LogP contribution < -0.4 is 16.0 Å². The summed E-state index contributed by atoms with van der Waals surface area (Å²) in [5, 5.41) is 9.55. The zero-order valence-electron chi connectivity index (χ0n) is 18.6. The molecular weight excluding hydrogens is 374 g/mol. The second kappa shape index (κ2) is 12.6. The van der Waals surface area contributed by atoms with Crippen LogP contribution in [0.15, 0.2) is 59.6 Å². The molecule has 0 bridgehead atoms. The predicted molar refractivity (Wildman–Crippen MR) is 126 cm³/mol. The minimum absolute atomic E-state index is 0.0557. The Bertz CT molecular complexity index is 789. The number of nitrogens with one attached hydrogen (secondary N) is 3. The summed E-state index contributed by atoms with van der Waals surface area (Å²) in [7, 11) is 3.96. The second-order valence-electron chi connectivity index (χ2n) is 7.59. The zero-order chi connectivity index (χ0) is 21.8. The molecule has 0 aliphatic heterocycles. The Balaban J connectivity index is 1.66. The van der Waals surface area contributed by atoms with E-state index in [1.807, 2.05) is 24.3 Å². The van der Waals surface area contributed by atoms with E-state index in [-0.39, 0.29) is 5.91 Å². The zero-order valence-corrected chi connectivity index (χ0v) is 18.6. The molecule has 0 aliphatic rings. The summed E-state index contributed by atoms with van der Waals surface area (Å²) in [6.07, 6.45) is 1.92. The van der Waals surface area contributed by atoms with Gasteiger partial charge in [0.25, 0.3) is 0 Å². The van der Waals surface area contributed by atoms with Gasteiger partial charge in [0, 0.05) is 45.3 Å². The number of benzene rings is 2. The molecule has 0 saturated heterocycles. The molecule has 30 heavy (non-hydrogen) atoms. The monoisotopic (exact) mass is 409 g/mol. The van der Waals surface area contributed by atoms with Crippen LogP contribution in [0.1, 0.15) is 31.4 Å². The third-order valence-electron chi connectivity index (χ3n) is 5.09. The van der Waals surface area contributed by atoms with Gasteiger partial charge in [0.2, 0.25) is 5.91 Å². The van der Waals surface area contributed by atoms with Crippen LogP contribution in [-0.4, -0.2) is 50.0 Å². The molecular formula is C24H35N5O. The maximum atomic E-state index is 11.1. The third-order valence-corrected chi connectivity index (χ3v) is 5.09. The van der Waals surface area contributed by atoms with Crippen molar-refractivity contribution in [2.75, 3.05) is 32.5 Å². The summed E-state index contributed by atoms with van der Waals surface area (Å²) < 4.78 is 0. The van der Waals surface area contributed by atoms with E-state index in [9.17, 15) is 4.79 Å². The highest BCUT2D eigenvalue weighted by atomic mass is 16.1. The first-order chi connectivity index (χ1) is 14.5. The van der Waals surface area contributed by atoms with Gasteiger partial charge in [-0.3, -0.25) is 14.7 Å². The molecule has 2 rings (SSSR count). The van der Waals surface area contributed by atoms with Crippen molar-refractivity contribution in [3.05, 3.63) is 65.7 Å². The SMILES string of the molecule is CN=C(NCCc1ccc(NC(C)=O)cc1)NCCC(C)N(C)Cc1ccccc1.